The highest BCUT2D eigenvalue weighted by molar-refractivity contribution is 6.07. The molecule has 0 spiro atoms. The Labute approximate surface area is 156 Å². The van der Waals surface area contributed by atoms with Crippen molar-refractivity contribution in [3.8, 4) is 5.75 Å². The molecule has 1 unspecified atom stereocenters. The second-order valence-electron chi connectivity index (χ2n) is 6.29. The summed E-state index contributed by atoms with van der Waals surface area (Å²) in [5, 5.41) is 6.93. The number of hydrogen-bond acceptors (Lipinski definition) is 5. The van der Waals surface area contributed by atoms with Gasteiger partial charge in [-0.1, -0.05) is 19.1 Å². The smallest absolute Gasteiger partial charge is 0.308 e. The monoisotopic (exact) mass is 365 g/mol. The SMILES string of the molecule is CC(=O)Oc1ccc(C(=O)Nc2ccc(C3=NNC(=O)CC3C)cc2)cc1. The van der Waals surface area contributed by atoms with Crippen molar-refractivity contribution in [2.75, 3.05) is 5.32 Å². The molecule has 1 atom stereocenters. The van der Waals surface area contributed by atoms with Crippen LogP contribution in [0.1, 0.15) is 36.2 Å². The summed E-state index contributed by atoms with van der Waals surface area (Å²) in [4.78, 5) is 34.6. The Morgan fingerprint density at radius 2 is 1.78 bits per heavy atom. The molecular weight excluding hydrogens is 346 g/mol. The quantitative estimate of drug-likeness (QED) is 0.643. The van der Waals surface area contributed by atoms with E-state index in [-0.39, 0.29) is 17.7 Å². The Bertz CT molecular complexity index is 902. The lowest BCUT2D eigenvalue weighted by molar-refractivity contribution is -0.131. The maximum absolute atomic E-state index is 12.3. The Balaban J connectivity index is 1.66. The number of hydrogen-bond donors (Lipinski definition) is 2. The van der Waals surface area contributed by atoms with E-state index in [0.29, 0.717) is 23.4 Å². The molecule has 1 heterocycles. The van der Waals surface area contributed by atoms with Crippen LogP contribution < -0.4 is 15.5 Å². The largest absolute Gasteiger partial charge is 0.427 e. The molecular formula is C20H19N3O4. The van der Waals surface area contributed by atoms with Crippen molar-refractivity contribution in [3.63, 3.8) is 0 Å². The third-order valence-corrected chi connectivity index (χ3v) is 4.08. The van der Waals surface area contributed by atoms with Gasteiger partial charge in [0.05, 0.1) is 5.71 Å². The van der Waals surface area contributed by atoms with Crippen LogP contribution in [0.25, 0.3) is 0 Å². The highest BCUT2D eigenvalue weighted by atomic mass is 16.5. The van der Waals surface area contributed by atoms with Crippen molar-refractivity contribution in [1.29, 1.82) is 0 Å². The Morgan fingerprint density at radius 1 is 1.11 bits per heavy atom. The van der Waals surface area contributed by atoms with Gasteiger partial charge in [0.25, 0.3) is 5.91 Å². The predicted octanol–water partition coefficient (Wildman–Crippen LogP) is 2.72. The number of nitrogens with zero attached hydrogens (tertiary/aromatic N) is 1. The lowest BCUT2D eigenvalue weighted by Crippen LogP contribution is -2.31. The molecule has 0 saturated heterocycles. The van der Waals surface area contributed by atoms with Crippen molar-refractivity contribution in [2.45, 2.75) is 20.3 Å². The fourth-order valence-corrected chi connectivity index (χ4v) is 2.77. The van der Waals surface area contributed by atoms with E-state index < -0.39 is 5.97 Å². The lowest BCUT2D eigenvalue weighted by Gasteiger charge is -2.19. The predicted molar refractivity (Wildman–Crippen MR) is 101 cm³/mol. The van der Waals surface area contributed by atoms with E-state index in [2.05, 4.69) is 15.8 Å². The molecule has 0 radical (unpaired) electrons. The second kappa shape index (κ2) is 7.82. The van der Waals surface area contributed by atoms with E-state index in [4.69, 9.17) is 4.74 Å². The van der Waals surface area contributed by atoms with Gasteiger partial charge in [0.15, 0.2) is 0 Å². The van der Waals surface area contributed by atoms with Gasteiger partial charge in [-0.2, -0.15) is 5.10 Å². The van der Waals surface area contributed by atoms with Crippen LogP contribution in [0.4, 0.5) is 5.69 Å². The number of nitrogens with one attached hydrogen (secondary N) is 2. The van der Waals surface area contributed by atoms with Gasteiger partial charge in [0.1, 0.15) is 5.75 Å². The van der Waals surface area contributed by atoms with Gasteiger partial charge in [-0.3, -0.25) is 14.4 Å². The fourth-order valence-electron chi connectivity index (χ4n) is 2.77. The molecule has 0 aliphatic carbocycles. The van der Waals surface area contributed by atoms with E-state index in [1.807, 2.05) is 19.1 Å². The van der Waals surface area contributed by atoms with Crippen molar-refractivity contribution in [3.05, 3.63) is 59.7 Å². The highest BCUT2D eigenvalue weighted by Gasteiger charge is 2.21. The molecule has 2 aromatic rings. The van der Waals surface area contributed by atoms with E-state index in [1.165, 1.54) is 6.92 Å². The Morgan fingerprint density at radius 3 is 2.37 bits per heavy atom. The molecule has 7 heteroatoms. The molecule has 0 saturated carbocycles. The summed E-state index contributed by atoms with van der Waals surface area (Å²) in [7, 11) is 0. The summed E-state index contributed by atoms with van der Waals surface area (Å²) < 4.78 is 4.95. The van der Waals surface area contributed by atoms with Gasteiger partial charge in [0, 0.05) is 30.5 Å². The summed E-state index contributed by atoms with van der Waals surface area (Å²) in [6.07, 6.45) is 0.403. The average Bonchev–Trinajstić information content (AvgIpc) is 2.63. The molecule has 2 amide bonds. The van der Waals surface area contributed by atoms with Gasteiger partial charge in [-0.25, -0.2) is 5.43 Å². The number of benzene rings is 2. The summed E-state index contributed by atoms with van der Waals surface area (Å²) in [6, 6.07) is 13.6. The van der Waals surface area contributed by atoms with E-state index in [9.17, 15) is 14.4 Å². The number of anilines is 1. The number of esters is 1. The van der Waals surface area contributed by atoms with Gasteiger partial charge in [-0.05, 0) is 42.0 Å². The third-order valence-electron chi connectivity index (χ3n) is 4.08. The molecule has 138 valence electrons. The second-order valence-corrected chi connectivity index (χ2v) is 6.29. The zero-order valence-corrected chi connectivity index (χ0v) is 15.0. The van der Waals surface area contributed by atoms with Crippen LogP contribution in [0.15, 0.2) is 53.6 Å². The van der Waals surface area contributed by atoms with Crippen LogP contribution in [0.3, 0.4) is 0 Å². The van der Waals surface area contributed by atoms with Crippen LogP contribution in [0.2, 0.25) is 0 Å². The molecule has 1 aliphatic rings. The normalized spacial score (nSPS) is 16.1. The van der Waals surface area contributed by atoms with Crippen molar-refractivity contribution in [2.24, 2.45) is 11.0 Å². The fraction of sp³-hybridized carbons (Fsp3) is 0.200. The molecule has 7 nitrogen and oxygen atoms in total. The van der Waals surface area contributed by atoms with E-state index in [0.717, 1.165) is 11.3 Å². The summed E-state index contributed by atoms with van der Waals surface area (Å²) in [5.74, 6) is -0.348. The van der Waals surface area contributed by atoms with Crippen LogP contribution in [0.5, 0.6) is 5.75 Å². The Hall–Kier alpha value is -3.48. The number of ether oxygens (including phenoxy) is 1. The van der Waals surface area contributed by atoms with E-state index >= 15 is 0 Å². The first-order valence-electron chi connectivity index (χ1n) is 8.49. The van der Waals surface area contributed by atoms with Crippen LogP contribution in [-0.4, -0.2) is 23.5 Å². The molecule has 0 fully saturated rings. The third kappa shape index (κ3) is 4.58. The number of rotatable bonds is 4. The van der Waals surface area contributed by atoms with Crippen LogP contribution in [-0.2, 0) is 9.59 Å². The molecule has 2 aromatic carbocycles. The first-order chi connectivity index (χ1) is 12.9. The minimum absolute atomic E-state index is 0.0370. The average molecular weight is 365 g/mol. The minimum atomic E-state index is -0.413. The summed E-state index contributed by atoms with van der Waals surface area (Å²) in [5.41, 5.74) is 5.29. The molecule has 1 aliphatic heterocycles. The topological polar surface area (TPSA) is 96.9 Å². The maximum Gasteiger partial charge on any atom is 0.308 e. The minimum Gasteiger partial charge on any atom is -0.427 e. The van der Waals surface area contributed by atoms with E-state index in [1.54, 1.807) is 36.4 Å². The van der Waals surface area contributed by atoms with Crippen molar-refractivity contribution in [1.82, 2.24) is 5.43 Å². The maximum atomic E-state index is 12.3. The van der Waals surface area contributed by atoms with Gasteiger partial charge < -0.3 is 10.1 Å². The van der Waals surface area contributed by atoms with Crippen molar-refractivity contribution < 1.29 is 19.1 Å². The van der Waals surface area contributed by atoms with Gasteiger partial charge >= 0.3 is 5.97 Å². The first kappa shape index (κ1) is 18.3. The molecule has 0 aromatic heterocycles. The van der Waals surface area contributed by atoms with Crippen molar-refractivity contribution >= 4 is 29.2 Å². The molecule has 2 N–H and O–H groups in total. The molecule has 3 rings (SSSR count). The van der Waals surface area contributed by atoms with Crippen LogP contribution >= 0.6 is 0 Å². The highest BCUT2D eigenvalue weighted by Crippen LogP contribution is 2.19. The first-order valence-corrected chi connectivity index (χ1v) is 8.49. The van der Waals surface area contributed by atoms with Gasteiger partial charge in [-0.15, -0.1) is 0 Å². The number of carbonyl (C=O) groups is 3. The zero-order chi connectivity index (χ0) is 19.4. The van der Waals surface area contributed by atoms with Gasteiger partial charge in [0.2, 0.25) is 5.91 Å². The summed E-state index contributed by atoms with van der Waals surface area (Å²) in [6.45, 7) is 3.27. The Kier molecular flexibility index (Phi) is 5.30. The zero-order valence-electron chi connectivity index (χ0n) is 15.0. The number of hydrazone groups is 1. The van der Waals surface area contributed by atoms with Crippen LogP contribution in [0, 0.1) is 5.92 Å². The summed E-state index contributed by atoms with van der Waals surface area (Å²) >= 11 is 0. The lowest BCUT2D eigenvalue weighted by atomic mass is 9.94. The molecule has 27 heavy (non-hydrogen) atoms. The molecule has 0 bridgehead atoms. The standard InChI is InChI=1S/C20H19N3O4/c1-12-11-18(25)22-23-19(12)14-3-7-16(8-4-14)21-20(26)15-5-9-17(10-6-15)27-13(2)24/h3-10,12H,11H2,1-2H3,(H,21,26)(H,22,25). The number of carbonyl (C=O) groups excluding carboxylic acids is 3. The number of amides is 2.